The van der Waals surface area contributed by atoms with Crippen LogP contribution in [-0.2, 0) is 4.79 Å². The molecule has 1 aromatic heterocycles. The molecule has 0 atom stereocenters. The predicted octanol–water partition coefficient (Wildman–Crippen LogP) is 3.39. The number of nitrogens with one attached hydrogen (secondary N) is 3. The van der Waals surface area contributed by atoms with E-state index in [9.17, 15) is 14.4 Å². The van der Waals surface area contributed by atoms with Crippen LogP contribution in [0.2, 0.25) is 0 Å². The summed E-state index contributed by atoms with van der Waals surface area (Å²) in [6.07, 6.45) is 0. The van der Waals surface area contributed by atoms with E-state index in [1.807, 2.05) is 20.8 Å². The zero-order chi connectivity index (χ0) is 20.0. The molecule has 0 radical (unpaired) electrons. The average molecular weight is 408 g/mol. The molecule has 0 unspecified atom stereocenters. The minimum Gasteiger partial charge on any atom is -0.333 e. The summed E-state index contributed by atoms with van der Waals surface area (Å²) in [7, 11) is 0. The van der Waals surface area contributed by atoms with Crippen LogP contribution in [0.25, 0.3) is 0 Å². The van der Waals surface area contributed by atoms with Gasteiger partial charge in [0.05, 0.1) is 5.75 Å². The van der Waals surface area contributed by atoms with E-state index >= 15 is 0 Å². The van der Waals surface area contributed by atoms with Crippen LogP contribution in [-0.4, -0.2) is 39.2 Å². The Morgan fingerprint density at radius 1 is 1.07 bits per heavy atom. The number of thioether (sulfide) groups is 1. The monoisotopic (exact) mass is 407 g/mol. The molecule has 27 heavy (non-hydrogen) atoms. The number of Topliss-reactive ketones (excluding diaryl/α,β-unsaturated/α-hetero) is 1. The first-order valence-electron chi connectivity index (χ1n) is 8.09. The molecule has 1 heterocycles. The molecule has 0 aliphatic rings. The molecular formula is C17H21N5O3S2. The Kier molecular flexibility index (Phi) is 6.92. The van der Waals surface area contributed by atoms with Crippen LogP contribution in [0, 0.1) is 0 Å². The van der Waals surface area contributed by atoms with Gasteiger partial charge < -0.3 is 10.6 Å². The summed E-state index contributed by atoms with van der Waals surface area (Å²) >= 11 is 2.42. The lowest BCUT2D eigenvalue weighted by Crippen LogP contribution is -2.43. The lowest BCUT2D eigenvalue weighted by molar-refractivity contribution is -0.113. The highest BCUT2D eigenvalue weighted by molar-refractivity contribution is 8.01. The molecule has 0 aliphatic heterocycles. The molecule has 3 N–H and O–H groups in total. The minimum absolute atomic E-state index is 0.0275. The molecule has 0 bridgehead atoms. The summed E-state index contributed by atoms with van der Waals surface area (Å²) in [5.74, 6) is -0.0804. The standard InChI is InChI=1S/C17H21N5O3S2/c1-10(23)11-5-7-12(8-6-11)18-13(24)9-26-16-22-21-15(27-16)19-14(25)20-17(2,3)4/h5-8H,9H2,1-4H3,(H,18,24)(H2,19,20,21,25). The van der Waals surface area contributed by atoms with Gasteiger partial charge in [0.25, 0.3) is 0 Å². The second-order valence-corrected chi connectivity index (χ2v) is 8.87. The normalized spacial score (nSPS) is 11.0. The van der Waals surface area contributed by atoms with Gasteiger partial charge in [0.2, 0.25) is 11.0 Å². The van der Waals surface area contributed by atoms with Crippen molar-refractivity contribution in [3.63, 3.8) is 0 Å². The van der Waals surface area contributed by atoms with E-state index in [0.717, 1.165) is 0 Å². The number of hydrogen-bond acceptors (Lipinski definition) is 7. The van der Waals surface area contributed by atoms with E-state index in [-0.39, 0.29) is 29.0 Å². The van der Waals surface area contributed by atoms with Crippen LogP contribution in [0.15, 0.2) is 28.6 Å². The summed E-state index contributed by atoms with van der Waals surface area (Å²) in [6, 6.07) is 6.33. The maximum atomic E-state index is 12.0. The number of aromatic nitrogens is 2. The second kappa shape index (κ2) is 8.96. The van der Waals surface area contributed by atoms with Crippen LogP contribution in [0.5, 0.6) is 0 Å². The molecule has 0 spiro atoms. The van der Waals surface area contributed by atoms with Crippen LogP contribution in [0.1, 0.15) is 38.1 Å². The molecule has 10 heteroatoms. The fourth-order valence-corrected chi connectivity index (χ4v) is 3.45. The van der Waals surface area contributed by atoms with Crippen molar-refractivity contribution in [2.24, 2.45) is 0 Å². The van der Waals surface area contributed by atoms with Gasteiger partial charge in [-0.1, -0.05) is 23.1 Å². The van der Waals surface area contributed by atoms with E-state index < -0.39 is 0 Å². The van der Waals surface area contributed by atoms with Crippen LogP contribution >= 0.6 is 23.1 Å². The van der Waals surface area contributed by atoms with Crippen molar-refractivity contribution >= 4 is 51.6 Å². The van der Waals surface area contributed by atoms with E-state index in [1.165, 1.54) is 30.0 Å². The summed E-state index contributed by atoms with van der Waals surface area (Å²) in [5.41, 5.74) is 0.850. The third-order valence-corrected chi connectivity index (χ3v) is 4.99. The fraction of sp³-hybridized carbons (Fsp3) is 0.353. The van der Waals surface area contributed by atoms with Crippen LogP contribution < -0.4 is 16.0 Å². The van der Waals surface area contributed by atoms with Gasteiger partial charge in [0.1, 0.15) is 0 Å². The number of nitrogens with zero attached hydrogens (tertiary/aromatic N) is 2. The Morgan fingerprint density at radius 2 is 1.74 bits per heavy atom. The van der Waals surface area contributed by atoms with Gasteiger partial charge >= 0.3 is 6.03 Å². The molecule has 0 aliphatic carbocycles. The number of anilines is 2. The predicted molar refractivity (Wildman–Crippen MR) is 108 cm³/mol. The molecule has 3 amide bonds. The Hall–Kier alpha value is -2.46. The highest BCUT2D eigenvalue weighted by Crippen LogP contribution is 2.25. The lowest BCUT2D eigenvalue weighted by atomic mass is 10.1. The summed E-state index contributed by atoms with van der Waals surface area (Å²) in [4.78, 5) is 35.1. The van der Waals surface area contributed by atoms with Crippen molar-refractivity contribution in [2.45, 2.75) is 37.6 Å². The Balaban J connectivity index is 1.81. The summed E-state index contributed by atoms with van der Waals surface area (Å²) in [6.45, 7) is 7.11. The van der Waals surface area contributed by atoms with Gasteiger partial charge in [-0.2, -0.15) is 0 Å². The summed E-state index contributed by atoms with van der Waals surface area (Å²) < 4.78 is 0.572. The Bertz CT molecular complexity index is 828. The number of urea groups is 1. The van der Waals surface area contributed by atoms with E-state index in [4.69, 9.17) is 0 Å². The Morgan fingerprint density at radius 3 is 2.33 bits per heavy atom. The van der Waals surface area contributed by atoms with Gasteiger partial charge in [0.15, 0.2) is 10.1 Å². The van der Waals surface area contributed by atoms with Crippen LogP contribution in [0.4, 0.5) is 15.6 Å². The number of ketones is 1. The molecular weight excluding hydrogens is 386 g/mol. The molecule has 1 aromatic carbocycles. The molecule has 0 saturated carbocycles. The molecule has 2 aromatic rings. The first kappa shape index (κ1) is 20.8. The van der Waals surface area contributed by atoms with Gasteiger partial charge in [-0.05, 0) is 52.0 Å². The largest absolute Gasteiger partial charge is 0.333 e. The van der Waals surface area contributed by atoms with Crippen molar-refractivity contribution in [1.29, 1.82) is 0 Å². The number of amides is 3. The highest BCUT2D eigenvalue weighted by atomic mass is 32.2. The minimum atomic E-state index is -0.359. The molecule has 0 fully saturated rings. The highest BCUT2D eigenvalue weighted by Gasteiger charge is 2.15. The van der Waals surface area contributed by atoms with Gasteiger partial charge in [-0.15, -0.1) is 10.2 Å². The third-order valence-electron chi connectivity index (χ3n) is 3.02. The van der Waals surface area contributed by atoms with Crippen molar-refractivity contribution < 1.29 is 14.4 Å². The SMILES string of the molecule is CC(=O)c1ccc(NC(=O)CSc2nnc(NC(=O)NC(C)(C)C)s2)cc1. The maximum Gasteiger partial charge on any atom is 0.321 e. The van der Waals surface area contributed by atoms with E-state index in [0.29, 0.717) is 20.7 Å². The van der Waals surface area contributed by atoms with Gasteiger partial charge in [-0.3, -0.25) is 14.9 Å². The van der Waals surface area contributed by atoms with Crippen LogP contribution in [0.3, 0.4) is 0 Å². The van der Waals surface area contributed by atoms with Gasteiger partial charge in [-0.25, -0.2) is 4.79 Å². The molecule has 8 nitrogen and oxygen atoms in total. The lowest BCUT2D eigenvalue weighted by Gasteiger charge is -2.19. The van der Waals surface area contributed by atoms with Crippen molar-refractivity contribution in [3.05, 3.63) is 29.8 Å². The average Bonchev–Trinajstić information content (AvgIpc) is 2.99. The van der Waals surface area contributed by atoms with E-state index in [2.05, 4.69) is 26.1 Å². The van der Waals surface area contributed by atoms with Crippen molar-refractivity contribution in [1.82, 2.24) is 15.5 Å². The quantitative estimate of drug-likeness (QED) is 0.384. The molecule has 0 saturated heterocycles. The number of rotatable bonds is 6. The zero-order valence-corrected chi connectivity index (χ0v) is 17.1. The topological polar surface area (TPSA) is 113 Å². The van der Waals surface area contributed by atoms with E-state index in [1.54, 1.807) is 24.3 Å². The first-order chi connectivity index (χ1) is 12.6. The maximum absolute atomic E-state index is 12.0. The number of carbonyl (C=O) groups is 3. The number of benzene rings is 1. The summed E-state index contributed by atoms with van der Waals surface area (Å²) in [5, 5.41) is 16.3. The fourth-order valence-electron chi connectivity index (χ4n) is 1.90. The zero-order valence-electron chi connectivity index (χ0n) is 15.5. The number of carbonyl (C=O) groups excluding carboxylic acids is 3. The van der Waals surface area contributed by atoms with Gasteiger partial charge in [0, 0.05) is 16.8 Å². The third kappa shape index (κ3) is 7.35. The first-order valence-corrected chi connectivity index (χ1v) is 9.89. The Labute approximate surface area is 165 Å². The smallest absolute Gasteiger partial charge is 0.321 e. The van der Waals surface area contributed by atoms with Crippen molar-refractivity contribution in [2.75, 3.05) is 16.4 Å². The molecule has 2 rings (SSSR count). The van der Waals surface area contributed by atoms with Crippen molar-refractivity contribution in [3.8, 4) is 0 Å². The molecule has 144 valence electrons. The number of hydrogen-bond donors (Lipinski definition) is 3. The second-order valence-electron chi connectivity index (χ2n) is 6.67.